The third-order valence-electron chi connectivity index (χ3n) is 4.08. The number of fused-ring (bicyclic) bond motifs is 3. The van der Waals surface area contributed by atoms with Gasteiger partial charge in [0.05, 0.1) is 11.1 Å². The summed E-state index contributed by atoms with van der Waals surface area (Å²) in [4.78, 5) is 21.2. The molecule has 22 heavy (non-hydrogen) atoms. The normalized spacial score (nSPS) is 18.9. The van der Waals surface area contributed by atoms with E-state index in [1.165, 1.54) is 0 Å². The van der Waals surface area contributed by atoms with Crippen molar-refractivity contribution in [3.63, 3.8) is 0 Å². The number of aromatic amines is 1. The Morgan fingerprint density at radius 1 is 1.36 bits per heavy atom. The van der Waals surface area contributed by atoms with Crippen LogP contribution < -0.4 is 10.6 Å². The van der Waals surface area contributed by atoms with Crippen LogP contribution in [0.3, 0.4) is 0 Å². The van der Waals surface area contributed by atoms with Crippen molar-refractivity contribution >= 4 is 33.7 Å². The molecule has 1 aliphatic rings. The molecule has 4 heterocycles. The smallest absolute Gasteiger partial charge is 0.240 e. The third kappa shape index (κ3) is 1.89. The van der Waals surface area contributed by atoms with Crippen LogP contribution >= 0.6 is 0 Å². The summed E-state index contributed by atoms with van der Waals surface area (Å²) in [6.07, 6.45) is 7.37. The van der Waals surface area contributed by atoms with Crippen LogP contribution in [0.25, 0.3) is 22.1 Å². The van der Waals surface area contributed by atoms with Gasteiger partial charge in [-0.05, 0) is 31.4 Å². The van der Waals surface area contributed by atoms with Crippen LogP contribution in [0, 0.1) is 6.42 Å². The number of anilines is 1. The Morgan fingerprint density at radius 2 is 2.27 bits per heavy atom. The number of amides is 1. The van der Waals surface area contributed by atoms with Gasteiger partial charge in [0.15, 0.2) is 11.3 Å². The number of primary amides is 1. The molecule has 3 N–H and O–H groups in total. The Kier molecular flexibility index (Phi) is 2.92. The molecule has 3 aromatic rings. The van der Waals surface area contributed by atoms with Crippen LogP contribution in [-0.2, 0) is 4.79 Å². The molecule has 1 unspecified atom stereocenters. The lowest BCUT2D eigenvalue weighted by molar-refractivity contribution is -0.118. The fraction of sp³-hybridized carbons (Fsp3) is 0.267. The molecule has 4 rings (SSSR count). The van der Waals surface area contributed by atoms with Gasteiger partial charge in [-0.3, -0.25) is 4.79 Å². The standard InChI is InChI=1S/C15H15N6O/c16-13(22)11-3-1-2-8-21(11)10-5-7-18-15-12(10)9-4-6-17-14(9)19-20-15/h3-7,11H,1-2,8H2,(H2,16,22)(H,17,19). The average Bonchev–Trinajstić information content (AvgIpc) is 3.03. The Morgan fingerprint density at radius 3 is 3.14 bits per heavy atom. The number of carbonyl (C=O) groups excluding carboxylic acids is 1. The van der Waals surface area contributed by atoms with Crippen molar-refractivity contribution < 1.29 is 4.79 Å². The van der Waals surface area contributed by atoms with E-state index in [4.69, 9.17) is 5.73 Å². The van der Waals surface area contributed by atoms with Crippen LogP contribution in [0.2, 0.25) is 0 Å². The highest BCUT2D eigenvalue weighted by Crippen LogP contribution is 2.33. The SMILES string of the molecule is NC(=O)C1[CH]CCCN1c1ccnc2nnc3[nH]ccc3c12. The third-order valence-corrected chi connectivity index (χ3v) is 4.08. The molecule has 111 valence electrons. The molecule has 1 radical (unpaired) electrons. The summed E-state index contributed by atoms with van der Waals surface area (Å²) >= 11 is 0. The van der Waals surface area contributed by atoms with E-state index in [-0.39, 0.29) is 5.91 Å². The largest absolute Gasteiger partial charge is 0.368 e. The zero-order valence-corrected chi connectivity index (χ0v) is 11.9. The molecular formula is C15H15N6O. The summed E-state index contributed by atoms with van der Waals surface area (Å²) < 4.78 is 0. The molecule has 0 saturated carbocycles. The predicted molar refractivity (Wildman–Crippen MR) is 83.1 cm³/mol. The minimum absolute atomic E-state index is 0.336. The summed E-state index contributed by atoms with van der Waals surface area (Å²) in [6, 6.07) is 3.46. The van der Waals surface area contributed by atoms with Gasteiger partial charge < -0.3 is 15.6 Å². The number of nitrogens with one attached hydrogen (secondary N) is 1. The number of rotatable bonds is 2. The highest BCUT2D eigenvalue weighted by molar-refractivity contribution is 6.09. The number of hydrogen-bond donors (Lipinski definition) is 2. The Hall–Kier alpha value is -2.70. The number of H-pyrrole nitrogens is 1. The van der Waals surface area contributed by atoms with E-state index in [1.807, 2.05) is 29.7 Å². The van der Waals surface area contributed by atoms with E-state index in [9.17, 15) is 4.79 Å². The fourth-order valence-corrected chi connectivity index (χ4v) is 3.10. The van der Waals surface area contributed by atoms with E-state index in [0.29, 0.717) is 11.3 Å². The van der Waals surface area contributed by atoms with E-state index in [2.05, 4.69) is 20.2 Å². The Labute approximate surface area is 126 Å². The van der Waals surface area contributed by atoms with E-state index in [0.717, 1.165) is 35.8 Å². The number of nitrogens with two attached hydrogens (primary N) is 1. The predicted octanol–water partition coefficient (Wildman–Crippen LogP) is 1.16. The van der Waals surface area contributed by atoms with Crippen LogP contribution in [0.15, 0.2) is 24.5 Å². The van der Waals surface area contributed by atoms with E-state index < -0.39 is 6.04 Å². The monoisotopic (exact) mass is 295 g/mol. The molecule has 7 heteroatoms. The van der Waals surface area contributed by atoms with Crippen LogP contribution in [-0.4, -0.2) is 38.7 Å². The van der Waals surface area contributed by atoms with Crippen molar-refractivity contribution in [2.24, 2.45) is 5.73 Å². The molecule has 0 bridgehead atoms. The molecular weight excluding hydrogens is 280 g/mol. The van der Waals surface area contributed by atoms with E-state index in [1.54, 1.807) is 6.20 Å². The average molecular weight is 295 g/mol. The zero-order chi connectivity index (χ0) is 15.1. The summed E-state index contributed by atoms with van der Waals surface area (Å²) in [5.74, 6) is -0.336. The van der Waals surface area contributed by atoms with Gasteiger partial charge in [0.2, 0.25) is 5.91 Å². The van der Waals surface area contributed by atoms with Gasteiger partial charge in [-0.15, -0.1) is 10.2 Å². The summed E-state index contributed by atoms with van der Waals surface area (Å²) in [5.41, 5.74) is 7.77. The minimum Gasteiger partial charge on any atom is -0.368 e. The first kappa shape index (κ1) is 13.0. The first-order valence-corrected chi connectivity index (χ1v) is 7.23. The van der Waals surface area contributed by atoms with Crippen molar-refractivity contribution in [2.75, 3.05) is 11.4 Å². The maximum Gasteiger partial charge on any atom is 0.240 e. The second kappa shape index (κ2) is 4.94. The van der Waals surface area contributed by atoms with Gasteiger partial charge in [-0.2, -0.15) is 0 Å². The number of carbonyl (C=O) groups is 1. The molecule has 0 aliphatic carbocycles. The summed E-state index contributed by atoms with van der Waals surface area (Å²) in [5, 5.41) is 10.1. The lowest BCUT2D eigenvalue weighted by Gasteiger charge is -2.35. The van der Waals surface area contributed by atoms with E-state index >= 15 is 0 Å². The molecule has 1 saturated heterocycles. The van der Waals surface area contributed by atoms with Gasteiger partial charge in [-0.25, -0.2) is 4.98 Å². The molecule has 7 nitrogen and oxygen atoms in total. The number of hydrogen-bond acceptors (Lipinski definition) is 5. The second-order valence-electron chi connectivity index (χ2n) is 5.39. The maximum atomic E-state index is 11.8. The van der Waals surface area contributed by atoms with Crippen molar-refractivity contribution in [3.05, 3.63) is 30.9 Å². The van der Waals surface area contributed by atoms with Gasteiger partial charge >= 0.3 is 0 Å². The highest BCUT2D eigenvalue weighted by atomic mass is 16.1. The lowest BCUT2D eigenvalue weighted by Crippen LogP contribution is -2.48. The topological polar surface area (TPSA) is 101 Å². The second-order valence-corrected chi connectivity index (χ2v) is 5.39. The number of nitrogens with zero attached hydrogens (tertiary/aromatic N) is 4. The minimum atomic E-state index is -0.401. The maximum absolute atomic E-state index is 11.8. The van der Waals surface area contributed by atoms with Gasteiger partial charge in [0.1, 0.15) is 6.04 Å². The van der Waals surface area contributed by atoms with Crippen molar-refractivity contribution in [1.29, 1.82) is 0 Å². The Balaban J connectivity index is 1.97. The van der Waals surface area contributed by atoms with Gasteiger partial charge in [0.25, 0.3) is 0 Å². The number of pyridine rings is 1. The molecule has 1 aliphatic heterocycles. The number of aromatic nitrogens is 4. The highest BCUT2D eigenvalue weighted by Gasteiger charge is 2.29. The number of piperidine rings is 1. The zero-order valence-electron chi connectivity index (χ0n) is 11.9. The first-order chi connectivity index (χ1) is 10.8. The molecule has 0 spiro atoms. The summed E-state index contributed by atoms with van der Waals surface area (Å²) in [6.45, 7) is 0.775. The molecule has 1 amide bonds. The summed E-state index contributed by atoms with van der Waals surface area (Å²) in [7, 11) is 0. The lowest BCUT2D eigenvalue weighted by atomic mass is 10.00. The first-order valence-electron chi connectivity index (χ1n) is 7.23. The molecule has 0 aromatic carbocycles. The van der Waals surface area contributed by atoms with Gasteiger partial charge in [-0.1, -0.05) is 0 Å². The van der Waals surface area contributed by atoms with Crippen molar-refractivity contribution in [3.8, 4) is 0 Å². The van der Waals surface area contributed by atoms with Crippen molar-refractivity contribution in [1.82, 2.24) is 20.2 Å². The molecule has 1 fully saturated rings. The van der Waals surface area contributed by atoms with Crippen LogP contribution in [0.1, 0.15) is 12.8 Å². The quantitative estimate of drug-likeness (QED) is 0.739. The molecule has 3 aromatic heterocycles. The van der Waals surface area contributed by atoms with Crippen LogP contribution in [0.5, 0.6) is 0 Å². The molecule has 1 atom stereocenters. The van der Waals surface area contributed by atoms with Crippen molar-refractivity contribution in [2.45, 2.75) is 18.9 Å². The van der Waals surface area contributed by atoms with Crippen LogP contribution in [0.4, 0.5) is 5.69 Å². The Bertz CT molecular complexity index is 857. The van der Waals surface area contributed by atoms with Gasteiger partial charge in [0, 0.05) is 24.3 Å². The fourth-order valence-electron chi connectivity index (χ4n) is 3.10.